The van der Waals surface area contributed by atoms with Gasteiger partial charge in [0.25, 0.3) is 0 Å². The Bertz CT molecular complexity index is 372. The summed E-state index contributed by atoms with van der Waals surface area (Å²) in [4.78, 5) is 10.7. The lowest BCUT2D eigenvalue weighted by atomic mass is 10.0. The number of aliphatic hydroxyl groups is 1. The Kier molecular flexibility index (Phi) is 2.13. The van der Waals surface area contributed by atoms with Gasteiger partial charge < -0.3 is 14.9 Å². The Morgan fingerprint density at radius 3 is 3.00 bits per heavy atom. The average Bonchev–Trinajstić information content (AvgIpc) is 2.18. The molecule has 1 heterocycles. The van der Waals surface area contributed by atoms with Crippen molar-refractivity contribution in [3.05, 3.63) is 29.3 Å². The van der Waals surface area contributed by atoms with E-state index in [0.29, 0.717) is 24.3 Å². The molecule has 14 heavy (non-hydrogen) atoms. The molecule has 0 aliphatic carbocycles. The fourth-order valence-electron chi connectivity index (χ4n) is 1.51. The molecule has 0 spiro atoms. The summed E-state index contributed by atoms with van der Waals surface area (Å²) in [6.45, 7) is 0.473. The Labute approximate surface area is 80.7 Å². The predicted octanol–water partition coefficient (Wildman–Crippen LogP) is 1.20. The number of hydrogen-bond donors (Lipinski definition) is 2. The van der Waals surface area contributed by atoms with E-state index in [1.807, 2.05) is 0 Å². The van der Waals surface area contributed by atoms with Gasteiger partial charge in [0.2, 0.25) is 0 Å². The molecule has 0 saturated heterocycles. The van der Waals surface area contributed by atoms with E-state index >= 15 is 0 Å². The molecule has 1 aromatic carbocycles. The van der Waals surface area contributed by atoms with Crippen molar-refractivity contribution in [3.8, 4) is 5.75 Å². The summed E-state index contributed by atoms with van der Waals surface area (Å²) in [5, 5.41) is 18.3. The summed E-state index contributed by atoms with van der Waals surface area (Å²) in [7, 11) is 0. The van der Waals surface area contributed by atoms with E-state index < -0.39 is 12.1 Å². The minimum atomic E-state index is -0.995. The first-order chi connectivity index (χ1) is 6.68. The number of aromatic carboxylic acids is 1. The molecule has 0 aromatic heterocycles. The van der Waals surface area contributed by atoms with Crippen molar-refractivity contribution in [1.82, 2.24) is 0 Å². The smallest absolute Gasteiger partial charge is 0.335 e. The molecule has 0 fully saturated rings. The van der Waals surface area contributed by atoms with Crippen molar-refractivity contribution >= 4 is 5.97 Å². The largest absolute Gasteiger partial charge is 0.493 e. The normalized spacial score (nSPS) is 19.6. The van der Waals surface area contributed by atoms with Crippen LogP contribution in [0.3, 0.4) is 0 Å². The summed E-state index contributed by atoms with van der Waals surface area (Å²) >= 11 is 0. The lowest BCUT2D eigenvalue weighted by Crippen LogP contribution is -2.14. The zero-order valence-corrected chi connectivity index (χ0v) is 7.43. The average molecular weight is 194 g/mol. The summed E-state index contributed by atoms with van der Waals surface area (Å²) in [5.41, 5.74) is 0.740. The van der Waals surface area contributed by atoms with Crippen LogP contribution >= 0.6 is 0 Å². The lowest BCUT2D eigenvalue weighted by Gasteiger charge is -2.22. The number of carboxylic acids is 1. The van der Waals surface area contributed by atoms with E-state index in [1.54, 1.807) is 6.07 Å². The fraction of sp³-hybridized carbons (Fsp3) is 0.300. The molecule has 1 atom stereocenters. The summed E-state index contributed by atoms with van der Waals surface area (Å²) in [5.74, 6) is -0.417. The number of rotatable bonds is 1. The molecule has 0 unspecified atom stereocenters. The van der Waals surface area contributed by atoms with Gasteiger partial charge in [0.15, 0.2) is 0 Å². The maximum Gasteiger partial charge on any atom is 0.335 e. The number of carboxylic acid groups (broad SMARTS) is 1. The minimum absolute atomic E-state index is 0.174. The van der Waals surface area contributed by atoms with Crippen LogP contribution in [0.1, 0.15) is 28.4 Å². The van der Waals surface area contributed by atoms with Crippen LogP contribution < -0.4 is 4.74 Å². The molecule has 0 radical (unpaired) electrons. The fourth-order valence-corrected chi connectivity index (χ4v) is 1.51. The SMILES string of the molecule is O=C(O)c1ccc2c(c1)[C@@H](O)CCO2. The molecular weight excluding hydrogens is 184 g/mol. The van der Waals surface area contributed by atoms with Gasteiger partial charge in [0.1, 0.15) is 5.75 Å². The van der Waals surface area contributed by atoms with Crippen molar-refractivity contribution in [1.29, 1.82) is 0 Å². The third kappa shape index (κ3) is 1.44. The van der Waals surface area contributed by atoms with Crippen molar-refractivity contribution in [2.75, 3.05) is 6.61 Å². The maximum atomic E-state index is 10.7. The Balaban J connectivity index is 2.45. The van der Waals surface area contributed by atoms with Crippen LogP contribution in [0.15, 0.2) is 18.2 Å². The molecule has 1 aromatic rings. The van der Waals surface area contributed by atoms with Gasteiger partial charge in [0, 0.05) is 12.0 Å². The highest BCUT2D eigenvalue weighted by Crippen LogP contribution is 2.32. The first-order valence-corrected chi connectivity index (χ1v) is 4.36. The second kappa shape index (κ2) is 3.31. The monoisotopic (exact) mass is 194 g/mol. The van der Waals surface area contributed by atoms with Gasteiger partial charge in [-0.05, 0) is 18.2 Å². The molecule has 0 saturated carbocycles. The van der Waals surface area contributed by atoms with E-state index in [9.17, 15) is 9.90 Å². The summed E-state index contributed by atoms with van der Waals surface area (Å²) in [6, 6.07) is 4.52. The molecule has 4 nitrogen and oxygen atoms in total. The number of carbonyl (C=O) groups is 1. The van der Waals surface area contributed by atoms with E-state index in [-0.39, 0.29) is 5.56 Å². The highest BCUT2D eigenvalue weighted by atomic mass is 16.5. The minimum Gasteiger partial charge on any atom is -0.493 e. The zero-order chi connectivity index (χ0) is 10.1. The number of benzene rings is 1. The van der Waals surface area contributed by atoms with Crippen molar-refractivity contribution in [2.45, 2.75) is 12.5 Å². The van der Waals surface area contributed by atoms with Gasteiger partial charge in [-0.2, -0.15) is 0 Å². The first-order valence-electron chi connectivity index (χ1n) is 4.36. The molecular formula is C10H10O4. The zero-order valence-electron chi connectivity index (χ0n) is 7.43. The van der Waals surface area contributed by atoms with Crippen molar-refractivity contribution in [3.63, 3.8) is 0 Å². The number of hydrogen-bond acceptors (Lipinski definition) is 3. The van der Waals surface area contributed by atoms with Gasteiger partial charge in [-0.1, -0.05) is 0 Å². The maximum absolute atomic E-state index is 10.7. The van der Waals surface area contributed by atoms with Crippen molar-refractivity contribution < 1.29 is 19.7 Å². The molecule has 1 aliphatic heterocycles. The van der Waals surface area contributed by atoms with Crippen molar-refractivity contribution in [2.24, 2.45) is 0 Å². The van der Waals surface area contributed by atoms with Gasteiger partial charge in [-0.15, -0.1) is 0 Å². The standard InChI is InChI=1S/C10H10O4/c11-8-3-4-14-9-2-1-6(10(12)13)5-7(8)9/h1-2,5,8,11H,3-4H2,(H,12,13)/t8-/m0/s1. The Hall–Kier alpha value is -1.55. The van der Waals surface area contributed by atoms with E-state index in [4.69, 9.17) is 9.84 Å². The second-order valence-corrected chi connectivity index (χ2v) is 3.21. The molecule has 4 heteroatoms. The molecule has 2 N–H and O–H groups in total. The third-order valence-corrected chi connectivity index (χ3v) is 2.26. The highest BCUT2D eigenvalue weighted by Gasteiger charge is 2.20. The quantitative estimate of drug-likeness (QED) is 0.704. The van der Waals surface area contributed by atoms with Crippen LogP contribution in [0.25, 0.3) is 0 Å². The van der Waals surface area contributed by atoms with Gasteiger partial charge >= 0.3 is 5.97 Å². The molecule has 1 aliphatic rings. The predicted molar refractivity (Wildman–Crippen MR) is 48.5 cm³/mol. The van der Waals surface area contributed by atoms with Crippen LogP contribution in [0.4, 0.5) is 0 Å². The number of fused-ring (bicyclic) bond motifs is 1. The van der Waals surface area contributed by atoms with Crippen LogP contribution in [0.2, 0.25) is 0 Å². The van der Waals surface area contributed by atoms with Crippen LogP contribution in [0, 0.1) is 0 Å². The third-order valence-electron chi connectivity index (χ3n) is 2.26. The highest BCUT2D eigenvalue weighted by molar-refractivity contribution is 5.88. The van der Waals surface area contributed by atoms with E-state index in [2.05, 4.69) is 0 Å². The van der Waals surface area contributed by atoms with E-state index in [1.165, 1.54) is 12.1 Å². The van der Waals surface area contributed by atoms with Crippen LogP contribution in [0.5, 0.6) is 5.75 Å². The summed E-state index contributed by atoms with van der Waals surface area (Å²) < 4.78 is 5.28. The second-order valence-electron chi connectivity index (χ2n) is 3.21. The Morgan fingerprint density at radius 2 is 2.29 bits per heavy atom. The van der Waals surface area contributed by atoms with E-state index in [0.717, 1.165) is 0 Å². The van der Waals surface area contributed by atoms with Crippen LogP contribution in [-0.2, 0) is 0 Å². The molecule has 74 valence electrons. The molecule has 2 rings (SSSR count). The topological polar surface area (TPSA) is 66.8 Å². The van der Waals surface area contributed by atoms with Gasteiger partial charge in [-0.25, -0.2) is 4.79 Å². The molecule has 0 amide bonds. The molecule has 0 bridgehead atoms. The number of ether oxygens (including phenoxy) is 1. The first kappa shape index (κ1) is 9.02. The number of aliphatic hydroxyl groups excluding tert-OH is 1. The van der Waals surface area contributed by atoms with Gasteiger partial charge in [0.05, 0.1) is 18.3 Å². The van der Waals surface area contributed by atoms with Crippen LogP contribution in [-0.4, -0.2) is 22.8 Å². The van der Waals surface area contributed by atoms with Gasteiger partial charge in [-0.3, -0.25) is 0 Å². The lowest BCUT2D eigenvalue weighted by molar-refractivity contribution is 0.0695. The summed E-state index contributed by atoms with van der Waals surface area (Å²) in [6.07, 6.45) is -0.103. The Morgan fingerprint density at radius 1 is 1.50 bits per heavy atom.